The molecule has 0 radical (unpaired) electrons. The van der Waals surface area contributed by atoms with E-state index in [4.69, 9.17) is 9.97 Å². The van der Waals surface area contributed by atoms with Crippen molar-refractivity contribution in [2.24, 2.45) is 0 Å². The first-order chi connectivity index (χ1) is 34.5. The van der Waals surface area contributed by atoms with Gasteiger partial charge in [0.05, 0.1) is 28.0 Å². The summed E-state index contributed by atoms with van der Waals surface area (Å²) < 4.78 is 2.27. The van der Waals surface area contributed by atoms with E-state index in [0.717, 1.165) is 89.2 Å². The predicted octanol–water partition coefficient (Wildman–Crippen LogP) is 17.7. The van der Waals surface area contributed by atoms with Crippen molar-refractivity contribution in [3.63, 3.8) is 0 Å². The van der Waals surface area contributed by atoms with Gasteiger partial charge in [-0.25, -0.2) is 4.98 Å². The van der Waals surface area contributed by atoms with E-state index in [1.807, 2.05) is 25.3 Å². The Labute approximate surface area is 417 Å². The number of benzene rings is 9. The van der Waals surface area contributed by atoms with Crippen molar-refractivity contribution in [1.29, 1.82) is 0 Å². The molecule has 0 atom stereocenters. The molecular weight excluding hydrogens is 863 g/mol. The van der Waals surface area contributed by atoms with Gasteiger partial charge in [0.25, 0.3) is 0 Å². The maximum Gasteiger partial charge on any atom is 0.149 e. The van der Waals surface area contributed by atoms with Crippen LogP contribution in [0.1, 0.15) is 43.0 Å². The minimum atomic E-state index is 0.0487. The largest absolute Gasteiger partial charge is 0.507 e. The normalized spacial score (nSPS) is 11.6. The lowest BCUT2D eigenvalue weighted by Gasteiger charge is -2.21. The summed E-state index contributed by atoms with van der Waals surface area (Å²) in [6.07, 6.45) is 1.91. The molecule has 0 spiro atoms. The molecule has 11 aromatic rings. The molecule has 4 nitrogen and oxygen atoms in total. The van der Waals surface area contributed by atoms with Crippen LogP contribution in [-0.4, -0.2) is 19.6 Å². The van der Waals surface area contributed by atoms with Gasteiger partial charge in [-0.05, 0) is 159 Å². The topological polar surface area (TPSA) is 50.9 Å². The van der Waals surface area contributed by atoms with Gasteiger partial charge < -0.3 is 5.11 Å². The van der Waals surface area contributed by atoms with E-state index in [1.165, 1.54) is 27.8 Å². The number of imidazole rings is 1. The van der Waals surface area contributed by atoms with Crippen LogP contribution in [0.5, 0.6) is 5.75 Å². The summed E-state index contributed by atoms with van der Waals surface area (Å²) in [7, 11) is 0. The van der Waals surface area contributed by atoms with Gasteiger partial charge in [-0.2, -0.15) is 0 Å². The second-order valence-electron chi connectivity index (χ2n) is 19.8. The molecule has 0 saturated heterocycles. The highest BCUT2D eigenvalue weighted by molar-refractivity contribution is 5.99. The lowest BCUT2D eigenvalue weighted by molar-refractivity contribution is 0.472. The summed E-state index contributed by atoms with van der Waals surface area (Å²) in [5.41, 5.74) is 22.9. The number of hydrogen-bond acceptors (Lipinski definition) is 3. The van der Waals surface area contributed by atoms with Crippen molar-refractivity contribution < 1.29 is 5.11 Å². The first kappa shape index (κ1) is 44.9. The average Bonchev–Trinajstić information content (AvgIpc) is 3.80. The van der Waals surface area contributed by atoms with Gasteiger partial charge in [0.1, 0.15) is 11.6 Å². The Morgan fingerprint density at radius 2 is 0.972 bits per heavy atom. The third-order valence-corrected chi connectivity index (χ3v) is 13.8. The Hall–Kier alpha value is -8.60. The van der Waals surface area contributed by atoms with Crippen LogP contribution >= 0.6 is 0 Å². The summed E-state index contributed by atoms with van der Waals surface area (Å²) in [6.45, 7) is 13.0. The van der Waals surface area contributed by atoms with Crippen LogP contribution in [0, 0.1) is 20.8 Å². The Kier molecular flexibility index (Phi) is 11.6. The monoisotopic (exact) mass is 917 g/mol. The maximum absolute atomic E-state index is 12.0. The van der Waals surface area contributed by atoms with Crippen LogP contribution in [0.3, 0.4) is 0 Å². The Morgan fingerprint density at radius 1 is 0.408 bits per heavy atom. The SMILES string of the molecule is Cc1cc(C)c(O)c(-c2nc3c(-c4cc(-c5ccccc5)cc(-c5cc(-c6ccc(-c7ccccc7)cc6)ccn5)c4)cccc3n2-c2cc(C)c(-c3ccc(C(C)(C)C)cc3)cc2-c2ccccc2)c1. The molecule has 0 fully saturated rings. The van der Waals surface area contributed by atoms with Crippen LogP contribution in [0.15, 0.2) is 219 Å². The van der Waals surface area contributed by atoms with Gasteiger partial charge in [-0.15, -0.1) is 0 Å². The Morgan fingerprint density at radius 3 is 1.63 bits per heavy atom. The van der Waals surface area contributed by atoms with Gasteiger partial charge in [-0.1, -0.05) is 178 Å². The van der Waals surface area contributed by atoms with E-state index < -0.39 is 0 Å². The number of para-hydroxylation sites is 1. The average molecular weight is 918 g/mol. The summed E-state index contributed by atoms with van der Waals surface area (Å²) in [5.74, 6) is 0.888. The fourth-order valence-electron chi connectivity index (χ4n) is 10.1. The fourth-order valence-corrected chi connectivity index (χ4v) is 10.1. The van der Waals surface area contributed by atoms with Gasteiger partial charge in [-0.3, -0.25) is 9.55 Å². The van der Waals surface area contributed by atoms with Crippen LogP contribution in [-0.2, 0) is 5.41 Å². The number of nitrogens with zero attached hydrogens (tertiary/aromatic N) is 3. The summed E-state index contributed by atoms with van der Waals surface area (Å²) in [6, 6.07) is 75.7. The van der Waals surface area contributed by atoms with Gasteiger partial charge >= 0.3 is 0 Å². The molecule has 0 amide bonds. The molecule has 4 heteroatoms. The number of rotatable bonds is 9. The second-order valence-corrected chi connectivity index (χ2v) is 19.8. The molecule has 344 valence electrons. The number of aryl methyl sites for hydroxylation is 3. The fraction of sp³-hybridized carbons (Fsp3) is 0.104. The second kappa shape index (κ2) is 18.4. The van der Waals surface area contributed by atoms with Crippen LogP contribution in [0.2, 0.25) is 0 Å². The zero-order chi connectivity index (χ0) is 48.8. The maximum atomic E-state index is 12.0. The molecule has 11 rings (SSSR count). The molecule has 0 aliphatic heterocycles. The molecule has 0 aliphatic rings. The number of phenols is 1. The summed E-state index contributed by atoms with van der Waals surface area (Å²) >= 11 is 0. The molecule has 2 aromatic heterocycles. The van der Waals surface area contributed by atoms with Gasteiger partial charge in [0, 0.05) is 22.9 Å². The van der Waals surface area contributed by atoms with Gasteiger partial charge in [0.2, 0.25) is 0 Å². The van der Waals surface area contributed by atoms with E-state index >= 15 is 0 Å². The van der Waals surface area contributed by atoms with E-state index in [2.05, 4.69) is 239 Å². The quantitative estimate of drug-likeness (QED) is 0.157. The van der Waals surface area contributed by atoms with E-state index in [9.17, 15) is 5.11 Å². The molecule has 1 N–H and O–H groups in total. The highest BCUT2D eigenvalue weighted by Crippen LogP contribution is 2.44. The summed E-state index contributed by atoms with van der Waals surface area (Å²) in [5, 5.41) is 12.0. The van der Waals surface area contributed by atoms with Crippen molar-refractivity contribution in [3.8, 4) is 101 Å². The first-order valence-electron chi connectivity index (χ1n) is 24.4. The Balaban J connectivity index is 1.12. The summed E-state index contributed by atoms with van der Waals surface area (Å²) in [4.78, 5) is 10.6. The van der Waals surface area contributed by atoms with Crippen LogP contribution in [0.25, 0.3) is 106 Å². The first-order valence-corrected chi connectivity index (χ1v) is 24.4. The smallest absolute Gasteiger partial charge is 0.149 e. The lowest BCUT2D eigenvalue weighted by atomic mass is 9.85. The molecular formula is C67H55N3O. The lowest BCUT2D eigenvalue weighted by Crippen LogP contribution is -2.10. The molecule has 0 bridgehead atoms. The van der Waals surface area contributed by atoms with E-state index in [0.29, 0.717) is 11.4 Å². The third kappa shape index (κ3) is 8.74. The van der Waals surface area contributed by atoms with Crippen molar-refractivity contribution in [2.45, 2.75) is 47.0 Å². The van der Waals surface area contributed by atoms with Crippen LogP contribution < -0.4 is 0 Å². The molecule has 2 heterocycles. The molecule has 9 aromatic carbocycles. The van der Waals surface area contributed by atoms with E-state index in [1.54, 1.807) is 0 Å². The molecule has 0 aliphatic carbocycles. The standard InChI is InChI=1S/C67H55N3O/c1-43-35-45(3)65(71)60(36-43)66-69-64-57(23-16-24-62(64)70(66)63-37-44(2)58(42-59(63)50-21-14-9-15-22-50)51-29-31-56(32-30-51)67(4,5)6)54-38-53(47-19-12-8-13-20-47)39-55(40-54)61-41-52(33-34-68-61)49-27-25-48(26-28-49)46-17-10-7-11-18-46/h7-42,71H,1-6H3. The zero-order valence-corrected chi connectivity index (χ0v) is 41.1. The molecule has 71 heavy (non-hydrogen) atoms. The zero-order valence-electron chi connectivity index (χ0n) is 41.1. The third-order valence-electron chi connectivity index (χ3n) is 13.8. The number of phenolic OH excluding ortho intramolecular Hbond substituents is 1. The minimum Gasteiger partial charge on any atom is -0.507 e. The van der Waals surface area contributed by atoms with Crippen molar-refractivity contribution >= 4 is 11.0 Å². The number of hydrogen-bond donors (Lipinski definition) is 1. The Bertz CT molecular complexity index is 3730. The predicted molar refractivity (Wildman–Crippen MR) is 297 cm³/mol. The van der Waals surface area contributed by atoms with Crippen molar-refractivity contribution in [1.82, 2.24) is 14.5 Å². The molecule has 0 unspecified atom stereocenters. The van der Waals surface area contributed by atoms with Crippen molar-refractivity contribution in [3.05, 3.63) is 241 Å². The minimum absolute atomic E-state index is 0.0487. The molecule has 0 saturated carbocycles. The highest BCUT2D eigenvalue weighted by atomic mass is 16.3. The number of aromatic hydroxyl groups is 1. The van der Waals surface area contributed by atoms with Gasteiger partial charge in [0.15, 0.2) is 0 Å². The number of pyridine rings is 1. The highest BCUT2D eigenvalue weighted by Gasteiger charge is 2.25. The van der Waals surface area contributed by atoms with E-state index in [-0.39, 0.29) is 11.2 Å². The van der Waals surface area contributed by atoms with Crippen LogP contribution in [0.4, 0.5) is 0 Å². The number of fused-ring (bicyclic) bond motifs is 1. The van der Waals surface area contributed by atoms with Crippen molar-refractivity contribution in [2.75, 3.05) is 0 Å². The number of aromatic nitrogens is 3.